The molecule has 0 bridgehead atoms. The van der Waals surface area contributed by atoms with Crippen LogP contribution < -0.4 is 9.64 Å². The zero-order valence-corrected chi connectivity index (χ0v) is 14.5. The predicted octanol–water partition coefficient (Wildman–Crippen LogP) is 1.07. The third-order valence-electron chi connectivity index (χ3n) is 4.33. The van der Waals surface area contributed by atoms with Crippen molar-refractivity contribution in [1.82, 2.24) is 14.9 Å². The zero-order chi connectivity index (χ0) is 18.5. The molecule has 0 unspecified atom stereocenters. The molecule has 2 aromatic rings. The summed E-state index contributed by atoms with van der Waals surface area (Å²) in [7, 11) is 1.55. The Hall–Kier alpha value is -3.16. The van der Waals surface area contributed by atoms with Gasteiger partial charge in [-0.15, -0.1) is 0 Å². The number of carbonyl (C=O) groups excluding carboxylic acids is 1. The van der Waals surface area contributed by atoms with Gasteiger partial charge in [-0.2, -0.15) is 4.98 Å². The van der Waals surface area contributed by atoms with Gasteiger partial charge >= 0.3 is 5.97 Å². The van der Waals surface area contributed by atoms with Crippen LogP contribution in [-0.4, -0.2) is 65.1 Å². The van der Waals surface area contributed by atoms with Crippen LogP contribution in [0.4, 0.5) is 5.95 Å². The van der Waals surface area contributed by atoms with Crippen molar-refractivity contribution in [1.29, 1.82) is 0 Å². The topological polar surface area (TPSA) is 95.9 Å². The number of anilines is 1. The lowest BCUT2D eigenvalue weighted by molar-refractivity contribution is -0.130. The Labute approximate surface area is 151 Å². The summed E-state index contributed by atoms with van der Waals surface area (Å²) >= 11 is 0. The number of aromatic nitrogens is 2. The van der Waals surface area contributed by atoms with Crippen LogP contribution in [0.25, 0.3) is 0 Å². The van der Waals surface area contributed by atoms with Gasteiger partial charge in [-0.25, -0.2) is 9.78 Å². The van der Waals surface area contributed by atoms with Gasteiger partial charge in [-0.3, -0.25) is 4.79 Å². The number of piperazine rings is 1. The van der Waals surface area contributed by atoms with E-state index in [9.17, 15) is 14.7 Å². The molecular weight excluding hydrogens is 336 g/mol. The summed E-state index contributed by atoms with van der Waals surface area (Å²) in [6.07, 6.45) is 1.72. The first-order valence-electron chi connectivity index (χ1n) is 8.29. The number of amides is 1. The van der Waals surface area contributed by atoms with E-state index in [0.717, 1.165) is 0 Å². The summed E-state index contributed by atoms with van der Waals surface area (Å²) in [5.41, 5.74) is 0.702. The van der Waals surface area contributed by atoms with E-state index in [2.05, 4.69) is 9.97 Å². The molecule has 0 atom stereocenters. The van der Waals surface area contributed by atoms with Crippen LogP contribution in [0.5, 0.6) is 5.88 Å². The molecule has 8 heteroatoms. The van der Waals surface area contributed by atoms with Crippen LogP contribution in [-0.2, 0) is 11.2 Å². The van der Waals surface area contributed by atoms with Gasteiger partial charge < -0.3 is 19.6 Å². The van der Waals surface area contributed by atoms with Crippen LogP contribution in [0.15, 0.2) is 36.5 Å². The van der Waals surface area contributed by atoms with Gasteiger partial charge in [0.25, 0.3) is 0 Å². The van der Waals surface area contributed by atoms with E-state index < -0.39 is 5.97 Å². The molecule has 2 heterocycles. The van der Waals surface area contributed by atoms with Crippen LogP contribution >= 0.6 is 0 Å². The molecule has 1 aliphatic heterocycles. The Bertz CT molecular complexity index is 803. The number of carboxylic acid groups (broad SMARTS) is 1. The van der Waals surface area contributed by atoms with Crippen molar-refractivity contribution in [3.05, 3.63) is 47.7 Å². The van der Waals surface area contributed by atoms with Crippen molar-refractivity contribution < 1.29 is 19.4 Å². The largest absolute Gasteiger partial charge is 0.481 e. The maximum absolute atomic E-state index is 12.5. The quantitative estimate of drug-likeness (QED) is 0.856. The van der Waals surface area contributed by atoms with Gasteiger partial charge in [0, 0.05) is 38.4 Å². The Balaban J connectivity index is 1.61. The molecule has 136 valence electrons. The van der Waals surface area contributed by atoms with Crippen LogP contribution in [0.2, 0.25) is 0 Å². The third kappa shape index (κ3) is 3.90. The number of carbonyl (C=O) groups is 2. The highest BCUT2D eigenvalue weighted by atomic mass is 16.5. The molecule has 8 nitrogen and oxygen atoms in total. The standard InChI is InChI=1S/C18H20N4O4/c1-26-15-6-7-19-18(20-15)22-10-8-21(9-11-22)16(23)12-13-4-2-3-5-14(13)17(24)25/h2-7H,8-12H2,1H3,(H,24,25). The van der Waals surface area contributed by atoms with E-state index in [1.54, 1.807) is 42.5 Å². The van der Waals surface area contributed by atoms with E-state index >= 15 is 0 Å². The number of benzene rings is 1. The molecule has 1 saturated heterocycles. The second-order valence-corrected chi connectivity index (χ2v) is 5.91. The van der Waals surface area contributed by atoms with Gasteiger partial charge in [0.1, 0.15) is 0 Å². The summed E-state index contributed by atoms with van der Waals surface area (Å²) in [4.78, 5) is 36.1. The average Bonchev–Trinajstić information content (AvgIpc) is 2.68. The number of aromatic carboxylic acids is 1. The minimum absolute atomic E-state index is 0.0788. The smallest absolute Gasteiger partial charge is 0.335 e. The number of nitrogens with zero attached hydrogens (tertiary/aromatic N) is 4. The van der Waals surface area contributed by atoms with Gasteiger partial charge in [0.2, 0.25) is 17.7 Å². The van der Waals surface area contributed by atoms with Crippen molar-refractivity contribution >= 4 is 17.8 Å². The molecular formula is C18H20N4O4. The van der Waals surface area contributed by atoms with Gasteiger partial charge in [0.05, 0.1) is 19.1 Å². The van der Waals surface area contributed by atoms with Crippen molar-refractivity contribution in [2.24, 2.45) is 0 Å². The summed E-state index contributed by atoms with van der Waals surface area (Å²) in [6, 6.07) is 8.28. The van der Waals surface area contributed by atoms with E-state index in [1.165, 1.54) is 6.07 Å². The van der Waals surface area contributed by atoms with Crippen molar-refractivity contribution in [3.8, 4) is 5.88 Å². The molecule has 1 aromatic carbocycles. The Morgan fingerprint density at radius 1 is 1.15 bits per heavy atom. The fourth-order valence-corrected chi connectivity index (χ4v) is 2.91. The zero-order valence-electron chi connectivity index (χ0n) is 14.5. The first kappa shape index (κ1) is 17.7. The lowest BCUT2D eigenvalue weighted by atomic mass is 10.0. The number of ether oxygens (including phenoxy) is 1. The molecule has 0 radical (unpaired) electrons. The van der Waals surface area contributed by atoms with E-state index in [1.807, 2.05) is 4.90 Å². The Morgan fingerprint density at radius 3 is 2.58 bits per heavy atom. The molecule has 0 saturated carbocycles. The minimum atomic E-state index is -1.02. The average molecular weight is 356 g/mol. The molecule has 1 aromatic heterocycles. The van der Waals surface area contributed by atoms with Crippen LogP contribution in [0.1, 0.15) is 15.9 Å². The van der Waals surface area contributed by atoms with Gasteiger partial charge in [-0.05, 0) is 11.6 Å². The molecule has 0 aliphatic carbocycles. The SMILES string of the molecule is COc1ccnc(N2CCN(C(=O)Cc3ccccc3C(=O)O)CC2)n1. The molecule has 1 fully saturated rings. The number of hydrogen-bond acceptors (Lipinski definition) is 6. The van der Waals surface area contributed by atoms with Gasteiger partial charge in [-0.1, -0.05) is 18.2 Å². The van der Waals surface area contributed by atoms with Crippen molar-refractivity contribution in [3.63, 3.8) is 0 Å². The van der Waals surface area contributed by atoms with Crippen LogP contribution in [0.3, 0.4) is 0 Å². The second-order valence-electron chi connectivity index (χ2n) is 5.91. The summed E-state index contributed by atoms with van der Waals surface area (Å²) < 4.78 is 5.11. The van der Waals surface area contributed by atoms with Crippen molar-refractivity contribution in [2.45, 2.75) is 6.42 Å². The number of rotatable bonds is 5. The Kier molecular flexibility index (Phi) is 5.31. The maximum Gasteiger partial charge on any atom is 0.335 e. The van der Waals surface area contributed by atoms with Gasteiger partial charge in [0.15, 0.2) is 0 Å². The lowest BCUT2D eigenvalue weighted by Crippen LogP contribution is -2.49. The Morgan fingerprint density at radius 2 is 1.88 bits per heavy atom. The number of carboxylic acids is 1. The van der Waals surface area contributed by atoms with E-state index in [4.69, 9.17) is 4.74 Å². The minimum Gasteiger partial charge on any atom is -0.481 e. The summed E-state index contributed by atoms with van der Waals surface area (Å²) in [5.74, 6) is -0.0234. The molecule has 3 rings (SSSR count). The monoisotopic (exact) mass is 356 g/mol. The molecule has 0 spiro atoms. The summed E-state index contributed by atoms with van der Waals surface area (Å²) in [6.45, 7) is 2.29. The normalized spacial score (nSPS) is 14.2. The van der Waals surface area contributed by atoms with Crippen LogP contribution in [0, 0.1) is 0 Å². The highest BCUT2D eigenvalue weighted by Crippen LogP contribution is 2.16. The fraction of sp³-hybridized carbons (Fsp3) is 0.333. The third-order valence-corrected chi connectivity index (χ3v) is 4.33. The highest BCUT2D eigenvalue weighted by Gasteiger charge is 2.24. The predicted molar refractivity (Wildman–Crippen MR) is 94.5 cm³/mol. The molecule has 1 amide bonds. The van der Waals surface area contributed by atoms with E-state index in [-0.39, 0.29) is 17.9 Å². The first-order chi connectivity index (χ1) is 12.6. The number of methoxy groups -OCH3 is 1. The number of hydrogen-bond donors (Lipinski definition) is 1. The van der Waals surface area contributed by atoms with E-state index in [0.29, 0.717) is 43.6 Å². The molecule has 1 aliphatic rings. The fourth-order valence-electron chi connectivity index (χ4n) is 2.91. The maximum atomic E-state index is 12.5. The molecule has 1 N–H and O–H groups in total. The van der Waals surface area contributed by atoms with Crippen molar-refractivity contribution in [2.75, 3.05) is 38.2 Å². The highest BCUT2D eigenvalue weighted by molar-refractivity contribution is 5.91. The lowest BCUT2D eigenvalue weighted by Gasteiger charge is -2.34. The first-order valence-corrected chi connectivity index (χ1v) is 8.29. The summed E-state index contributed by atoms with van der Waals surface area (Å²) in [5, 5.41) is 9.24. The second kappa shape index (κ2) is 7.81. The molecule has 26 heavy (non-hydrogen) atoms.